The Hall–Kier alpha value is -2.33. The van der Waals surface area contributed by atoms with Crippen LogP contribution in [0, 0.1) is 0 Å². The van der Waals surface area contributed by atoms with Crippen LogP contribution in [0.1, 0.15) is 37.3 Å². The van der Waals surface area contributed by atoms with E-state index in [0.29, 0.717) is 6.07 Å². The molecule has 2 atom stereocenters. The third kappa shape index (κ3) is 3.44. The molecule has 0 fully saturated rings. The Balaban J connectivity index is 2.28. The number of pyridine rings is 1. The number of nitrogens with zero attached hydrogens (tertiary/aromatic N) is 1. The third-order valence-corrected chi connectivity index (χ3v) is 5.27. The van der Waals surface area contributed by atoms with E-state index in [1.54, 1.807) is 6.92 Å². The normalized spacial score (nSPS) is 20.4. The van der Waals surface area contributed by atoms with E-state index in [0.717, 1.165) is 11.0 Å². The van der Waals surface area contributed by atoms with Crippen molar-refractivity contribution in [3.8, 4) is 0 Å². The summed E-state index contributed by atoms with van der Waals surface area (Å²) in [4.78, 5) is 14.7. The first-order valence-electron chi connectivity index (χ1n) is 8.67. The number of halogens is 8. The van der Waals surface area contributed by atoms with Crippen molar-refractivity contribution >= 4 is 16.6 Å². The number of H-pyrrole nitrogens is 1. The summed E-state index contributed by atoms with van der Waals surface area (Å²) in [5.41, 5.74) is -2.54. The van der Waals surface area contributed by atoms with Gasteiger partial charge in [0.05, 0.1) is 12.1 Å². The van der Waals surface area contributed by atoms with Gasteiger partial charge in [0.2, 0.25) is 5.56 Å². The van der Waals surface area contributed by atoms with Crippen molar-refractivity contribution < 1.29 is 35.1 Å². The van der Waals surface area contributed by atoms with Crippen LogP contribution in [0.2, 0.25) is 0 Å². The van der Waals surface area contributed by atoms with E-state index in [1.807, 2.05) is 0 Å². The highest BCUT2D eigenvalue weighted by Gasteiger charge is 2.59. The third-order valence-electron chi connectivity index (χ3n) is 5.27. The van der Waals surface area contributed by atoms with Crippen LogP contribution in [0.3, 0.4) is 0 Å². The molecule has 0 saturated heterocycles. The molecule has 2 heterocycles. The predicted molar refractivity (Wildman–Crippen MR) is 90.4 cm³/mol. The highest BCUT2D eigenvalue weighted by molar-refractivity contribution is 5.93. The van der Waals surface area contributed by atoms with Crippen LogP contribution in [-0.2, 0) is 6.18 Å². The van der Waals surface area contributed by atoms with E-state index in [9.17, 15) is 39.9 Å². The van der Waals surface area contributed by atoms with Crippen LogP contribution >= 0.6 is 0 Å². The number of alkyl halides is 8. The molecule has 0 amide bonds. The summed E-state index contributed by atoms with van der Waals surface area (Å²) < 4.78 is 106. The van der Waals surface area contributed by atoms with Gasteiger partial charge >= 0.3 is 18.3 Å². The molecule has 2 aromatic rings. The molecule has 0 saturated carbocycles. The van der Waals surface area contributed by atoms with Gasteiger partial charge in [0.1, 0.15) is 0 Å². The number of rotatable bonds is 3. The Bertz CT molecular complexity index is 992. The van der Waals surface area contributed by atoms with Gasteiger partial charge in [-0.3, -0.25) is 4.79 Å². The topological polar surface area (TPSA) is 36.1 Å². The maximum Gasteiger partial charge on any atom is 0.455 e. The largest absolute Gasteiger partial charge is 0.455 e. The summed E-state index contributed by atoms with van der Waals surface area (Å²) in [6.45, 7) is 1.33. The summed E-state index contributed by atoms with van der Waals surface area (Å²) in [6.07, 6.45) is -10.6. The monoisotopic (exact) mass is 428 g/mol. The molecule has 29 heavy (non-hydrogen) atoms. The van der Waals surface area contributed by atoms with Crippen molar-refractivity contribution in [2.45, 2.75) is 50.5 Å². The van der Waals surface area contributed by atoms with E-state index in [1.165, 1.54) is 13.0 Å². The standard InChI is InChI=1S/C18H16F8N2O/c1-3-11-8(2)14-12(28(11)7-16(19,20)18(24,25)26)5-4-10-15(14)9(17(21,22)23)6-13(29)27-10/h4-6,8,11H,3,7H2,1-2H3,(H,27,29). The maximum absolute atomic E-state index is 13.8. The average Bonchev–Trinajstić information content (AvgIpc) is 2.83. The lowest BCUT2D eigenvalue weighted by Gasteiger charge is -2.32. The minimum absolute atomic E-state index is 0.00380. The van der Waals surface area contributed by atoms with Gasteiger partial charge < -0.3 is 9.88 Å². The van der Waals surface area contributed by atoms with Crippen molar-refractivity contribution in [2.24, 2.45) is 0 Å². The number of hydrogen-bond donors (Lipinski definition) is 1. The molecule has 0 radical (unpaired) electrons. The van der Waals surface area contributed by atoms with Crippen LogP contribution in [-0.4, -0.2) is 29.7 Å². The quantitative estimate of drug-likeness (QED) is 0.661. The number of nitrogens with one attached hydrogen (secondary N) is 1. The van der Waals surface area contributed by atoms with Crippen LogP contribution in [0.4, 0.5) is 40.8 Å². The molecule has 0 spiro atoms. The van der Waals surface area contributed by atoms with Gasteiger partial charge in [0, 0.05) is 34.6 Å². The summed E-state index contributed by atoms with van der Waals surface area (Å²) in [5.74, 6) is -5.82. The van der Waals surface area contributed by atoms with Crippen LogP contribution < -0.4 is 10.5 Å². The Labute approximate surface area is 159 Å². The number of aromatic amines is 1. The summed E-state index contributed by atoms with van der Waals surface area (Å²) >= 11 is 0. The average molecular weight is 428 g/mol. The Kier molecular flexibility index (Phi) is 4.86. The van der Waals surface area contributed by atoms with Crippen molar-refractivity contribution in [3.05, 3.63) is 39.7 Å². The van der Waals surface area contributed by atoms with E-state index >= 15 is 0 Å². The fourth-order valence-corrected chi connectivity index (χ4v) is 4.03. The zero-order valence-electron chi connectivity index (χ0n) is 15.2. The summed E-state index contributed by atoms with van der Waals surface area (Å²) in [7, 11) is 0. The van der Waals surface area contributed by atoms with E-state index in [4.69, 9.17) is 0 Å². The van der Waals surface area contributed by atoms with E-state index < -0.39 is 53.3 Å². The second kappa shape index (κ2) is 6.60. The van der Waals surface area contributed by atoms with Crippen molar-refractivity contribution in [1.29, 1.82) is 0 Å². The number of hydrogen-bond acceptors (Lipinski definition) is 2. The minimum Gasteiger partial charge on any atom is -0.361 e. The molecule has 3 rings (SSSR count). The molecule has 2 unspecified atom stereocenters. The molecule has 11 heteroatoms. The Morgan fingerprint density at radius 1 is 1.07 bits per heavy atom. The van der Waals surface area contributed by atoms with Crippen LogP contribution in [0.5, 0.6) is 0 Å². The van der Waals surface area contributed by atoms with Gasteiger partial charge in [-0.05, 0) is 24.1 Å². The summed E-state index contributed by atoms with van der Waals surface area (Å²) in [6, 6.07) is 1.76. The highest BCUT2D eigenvalue weighted by Crippen LogP contribution is 2.50. The van der Waals surface area contributed by atoms with Crippen LogP contribution in [0.25, 0.3) is 10.9 Å². The Morgan fingerprint density at radius 3 is 2.21 bits per heavy atom. The highest BCUT2D eigenvalue weighted by atomic mass is 19.4. The molecular weight excluding hydrogens is 412 g/mol. The predicted octanol–water partition coefficient (Wildman–Crippen LogP) is 5.45. The first-order valence-corrected chi connectivity index (χ1v) is 8.67. The summed E-state index contributed by atoms with van der Waals surface area (Å²) in [5, 5.41) is -0.390. The molecule has 1 aliphatic rings. The molecule has 1 N–H and O–H groups in total. The lowest BCUT2D eigenvalue weighted by molar-refractivity contribution is -0.277. The molecular formula is C18H16F8N2O. The van der Waals surface area contributed by atoms with Gasteiger partial charge in [-0.25, -0.2) is 0 Å². The van der Waals surface area contributed by atoms with Gasteiger partial charge in [0.15, 0.2) is 0 Å². The van der Waals surface area contributed by atoms with Crippen molar-refractivity contribution in [3.63, 3.8) is 0 Å². The van der Waals surface area contributed by atoms with Gasteiger partial charge in [-0.15, -0.1) is 0 Å². The second-order valence-corrected chi connectivity index (χ2v) is 7.06. The van der Waals surface area contributed by atoms with Crippen molar-refractivity contribution in [2.75, 3.05) is 11.4 Å². The second-order valence-electron chi connectivity index (χ2n) is 7.06. The van der Waals surface area contributed by atoms with E-state index in [-0.39, 0.29) is 23.2 Å². The first-order chi connectivity index (χ1) is 13.2. The first kappa shape index (κ1) is 21.4. The van der Waals surface area contributed by atoms with Gasteiger partial charge in [-0.2, -0.15) is 35.1 Å². The SMILES string of the molecule is CCC1C(C)c2c(ccc3[nH]c(=O)cc(C(F)(F)F)c23)N1CC(F)(F)C(F)(F)F. The Morgan fingerprint density at radius 2 is 1.69 bits per heavy atom. The fourth-order valence-electron chi connectivity index (χ4n) is 4.03. The van der Waals surface area contributed by atoms with E-state index in [2.05, 4.69) is 4.98 Å². The van der Waals surface area contributed by atoms with Crippen molar-refractivity contribution in [1.82, 2.24) is 4.98 Å². The smallest absolute Gasteiger partial charge is 0.361 e. The zero-order valence-corrected chi connectivity index (χ0v) is 15.2. The number of aromatic nitrogens is 1. The van der Waals surface area contributed by atoms with Crippen LogP contribution in [0.15, 0.2) is 23.0 Å². The molecule has 0 aliphatic carbocycles. The molecule has 0 bridgehead atoms. The minimum atomic E-state index is -5.80. The number of benzene rings is 1. The molecule has 3 nitrogen and oxygen atoms in total. The maximum atomic E-state index is 13.8. The number of fused-ring (bicyclic) bond motifs is 3. The molecule has 1 aromatic carbocycles. The molecule has 1 aliphatic heterocycles. The lowest BCUT2D eigenvalue weighted by Crippen LogP contribution is -2.49. The van der Waals surface area contributed by atoms with Gasteiger partial charge in [-0.1, -0.05) is 13.8 Å². The molecule has 1 aromatic heterocycles. The molecule has 160 valence electrons. The lowest BCUT2D eigenvalue weighted by atomic mass is 9.90. The van der Waals surface area contributed by atoms with Gasteiger partial charge in [0.25, 0.3) is 0 Å². The number of anilines is 1. The zero-order chi connectivity index (χ0) is 21.9. The fraction of sp³-hybridized carbons (Fsp3) is 0.500.